The number of anilines is 1. The molecule has 0 fully saturated rings. The van der Waals surface area contributed by atoms with Crippen LogP contribution in [-0.4, -0.2) is 54.3 Å². The number of hydrogen-bond acceptors (Lipinski definition) is 8. The fraction of sp³-hybridized carbons (Fsp3) is 0.286. The summed E-state index contributed by atoms with van der Waals surface area (Å²) in [6, 6.07) is 1.93. The minimum absolute atomic E-state index is 0.0897. The fourth-order valence-electron chi connectivity index (χ4n) is 2.35. The molecule has 15 heteroatoms. The Hall–Kier alpha value is -3.36. The van der Waals surface area contributed by atoms with Crippen LogP contribution in [-0.2, 0) is 16.2 Å². The van der Waals surface area contributed by atoms with Crippen LogP contribution >= 0.6 is 0 Å². The summed E-state index contributed by atoms with van der Waals surface area (Å²) in [6.45, 7) is 0. The van der Waals surface area contributed by atoms with Crippen LogP contribution in [0.4, 0.5) is 19.1 Å². The van der Waals surface area contributed by atoms with Crippen molar-refractivity contribution >= 4 is 21.7 Å². The number of ether oxygens (including phenoxy) is 3. The van der Waals surface area contributed by atoms with Crippen LogP contribution in [0.25, 0.3) is 5.78 Å². The average molecular weight is 435 g/mol. The van der Waals surface area contributed by atoms with Crippen molar-refractivity contribution in [3.8, 4) is 17.6 Å². The monoisotopic (exact) mass is 435 g/mol. The molecule has 3 aromatic heterocycles. The molecule has 0 bridgehead atoms. The van der Waals surface area contributed by atoms with Gasteiger partial charge >= 0.3 is 16.2 Å². The number of rotatable bonds is 6. The highest BCUT2D eigenvalue weighted by Gasteiger charge is 2.43. The summed E-state index contributed by atoms with van der Waals surface area (Å²) >= 11 is 0. The van der Waals surface area contributed by atoms with Gasteiger partial charge in [0, 0.05) is 6.20 Å². The van der Waals surface area contributed by atoms with Crippen LogP contribution in [0.2, 0.25) is 0 Å². The highest BCUT2D eigenvalue weighted by atomic mass is 32.2. The molecular weight excluding hydrogens is 421 g/mol. The third-order valence-electron chi connectivity index (χ3n) is 3.55. The number of halogens is 3. The molecule has 29 heavy (non-hydrogen) atoms. The van der Waals surface area contributed by atoms with Gasteiger partial charge in [-0.15, -0.1) is 5.10 Å². The Morgan fingerprint density at radius 3 is 2.48 bits per heavy atom. The average Bonchev–Trinajstić information content (AvgIpc) is 3.07. The molecular formula is C14H14F3N6O5S+. The van der Waals surface area contributed by atoms with E-state index in [0.29, 0.717) is 6.07 Å². The molecule has 3 rings (SSSR count). The summed E-state index contributed by atoms with van der Waals surface area (Å²) < 4.78 is 81.1. The zero-order valence-corrected chi connectivity index (χ0v) is 15.9. The molecule has 156 valence electrons. The topological polar surface area (TPSA) is 134 Å². The second-order valence-electron chi connectivity index (χ2n) is 5.31. The summed E-state index contributed by atoms with van der Waals surface area (Å²) in [4.78, 5) is 10.3. The molecule has 0 saturated heterocycles. The van der Waals surface area contributed by atoms with Crippen LogP contribution in [0.3, 0.4) is 0 Å². The van der Waals surface area contributed by atoms with Gasteiger partial charge in [0.05, 0.1) is 33.0 Å². The molecule has 3 aromatic rings. The molecule has 0 aliphatic rings. The van der Waals surface area contributed by atoms with Gasteiger partial charge in [0.25, 0.3) is 11.7 Å². The lowest BCUT2D eigenvalue weighted by Crippen LogP contribution is -2.21. The molecule has 11 nitrogen and oxygen atoms in total. The van der Waals surface area contributed by atoms with Crippen LogP contribution in [0.1, 0.15) is 5.56 Å². The van der Waals surface area contributed by atoms with Crippen molar-refractivity contribution in [2.24, 2.45) is 0 Å². The van der Waals surface area contributed by atoms with Crippen molar-refractivity contribution in [2.45, 2.75) is 11.1 Å². The normalized spacial score (nSPS) is 13.7. The third kappa shape index (κ3) is 3.80. The molecule has 0 aliphatic heterocycles. The maximum Gasteiger partial charge on any atom is 0.418 e. The number of alkyl halides is 3. The second-order valence-corrected chi connectivity index (χ2v) is 6.97. The Morgan fingerprint density at radius 1 is 1.17 bits per heavy atom. The second kappa shape index (κ2) is 7.23. The van der Waals surface area contributed by atoms with Gasteiger partial charge in [0.2, 0.25) is 22.5 Å². The zero-order valence-electron chi connectivity index (χ0n) is 15.1. The van der Waals surface area contributed by atoms with E-state index < -0.39 is 38.5 Å². The lowest BCUT2D eigenvalue weighted by atomic mass is 10.2. The quantitative estimate of drug-likeness (QED) is 0.576. The van der Waals surface area contributed by atoms with E-state index in [0.717, 1.165) is 17.8 Å². The Bertz CT molecular complexity index is 1160. The minimum atomic E-state index is -4.94. The number of aromatic nitrogens is 5. The summed E-state index contributed by atoms with van der Waals surface area (Å²) in [7, 11) is -0.902. The van der Waals surface area contributed by atoms with Gasteiger partial charge in [-0.3, -0.25) is 0 Å². The Kier molecular flexibility index (Phi) is 5.08. The van der Waals surface area contributed by atoms with Crippen molar-refractivity contribution in [3.63, 3.8) is 0 Å². The maximum absolute atomic E-state index is 13.4. The Labute approximate surface area is 161 Å². The number of methoxy groups -OCH3 is 3. The van der Waals surface area contributed by atoms with Crippen LogP contribution < -0.4 is 18.9 Å². The van der Waals surface area contributed by atoms with Gasteiger partial charge in [-0.25, -0.2) is 13.9 Å². The van der Waals surface area contributed by atoms with Gasteiger partial charge in [-0.1, -0.05) is 0 Å². The molecule has 0 spiro atoms. The molecule has 0 aromatic carbocycles. The molecule has 1 atom stereocenters. The van der Waals surface area contributed by atoms with E-state index in [1.54, 1.807) is 0 Å². The highest BCUT2D eigenvalue weighted by Crippen LogP contribution is 2.38. The van der Waals surface area contributed by atoms with Crippen molar-refractivity contribution in [2.75, 3.05) is 26.1 Å². The van der Waals surface area contributed by atoms with Crippen molar-refractivity contribution in [1.82, 2.24) is 24.6 Å². The largest absolute Gasteiger partial charge is 0.481 e. The summed E-state index contributed by atoms with van der Waals surface area (Å²) in [6.07, 6.45) is -4.13. The Balaban J connectivity index is 2.12. The van der Waals surface area contributed by atoms with Gasteiger partial charge in [0.1, 0.15) is 0 Å². The number of hydrogen-bond donors (Lipinski definition) is 1. The summed E-state index contributed by atoms with van der Waals surface area (Å²) in [5.41, 5.74) is -1.40. The van der Waals surface area contributed by atoms with E-state index >= 15 is 0 Å². The highest BCUT2D eigenvalue weighted by molar-refractivity contribution is 7.92. The molecule has 3 heterocycles. The molecule has 0 saturated carbocycles. The zero-order chi connectivity index (χ0) is 21.4. The molecule has 0 amide bonds. The van der Waals surface area contributed by atoms with E-state index in [-0.39, 0.29) is 17.5 Å². The van der Waals surface area contributed by atoms with Gasteiger partial charge < -0.3 is 14.2 Å². The molecule has 0 aliphatic carbocycles. The number of nitrogens with one attached hydrogen (secondary N) is 1. The predicted molar refractivity (Wildman–Crippen MR) is 91.6 cm³/mol. The van der Waals surface area contributed by atoms with Crippen molar-refractivity contribution in [3.05, 3.63) is 23.9 Å². The van der Waals surface area contributed by atoms with E-state index in [1.807, 2.05) is 4.72 Å². The van der Waals surface area contributed by atoms with E-state index in [1.165, 1.54) is 20.3 Å². The minimum Gasteiger partial charge on any atom is -0.481 e. The predicted octanol–water partition coefficient (Wildman–Crippen LogP) is 1.52. The van der Waals surface area contributed by atoms with Crippen LogP contribution in [0.5, 0.6) is 17.6 Å². The van der Waals surface area contributed by atoms with Crippen molar-refractivity contribution < 1.29 is 35.8 Å². The first kappa shape index (κ1) is 20.4. The summed E-state index contributed by atoms with van der Waals surface area (Å²) in [5.74, 6) is -1.03. The SMILES string of the molecule is COc1cc(OC)n2nc(NS(=O)(=[OH+])c3c(C(F)(F)F)ccnc3OC)nc2n1. The van der Waals surface area contributed by atoms with Crippen molar-refractivity contribution in [1.29, 1.82) is 0 Å². The van der Waals surface area contributed by atoms with Gasteiger partial charge in [-0.2, -0.15) is 31.9 Å². The van der Waals surface area contributed by atoms with E-state index in [4.69, 9.17) is 14.2 Å². The van der Waals surface area contributed by atoms with E-state index in [9.17, 15) is 21.6 Å². The van der Waals surface area contributed by atoms with Crippen LogP contribution in [0.15, 0.2) is 23.2 Å². The first-order valence-corrected chi connectivity index (χ1v) is 9.12. The number of fused-ring (bicyclic) bond motifs is 1. The lowest BCUT2D eigenvalue weighted by molar-refractivity contribution is -0.140. The first-order chi connectivity index (χ1) is 13.6. The molecule has 1 unspecified atom stereocenters. The van der Waals surface area contributed by atoms with Gasteiger partial charge in [-0.05, 0) is 6.07 Å². The number of pyridine rings is 1. The lowest BCUT2D eigenvalue weighted by Gasteiger charge is -2.12. The standard InChI is InChI=1S/C14H13F3N6O5S/c1-26-8-6-9(27-2)23-13(19-8)20-12(21-23)22-29(24,25)10-7(14(15,16)17)4-5-18-11(10)28-3/h4-6H,1-3H3,(H,21,22,24,25)/p+1. The van der Waals surface area contributed by atoms with E-state index in [2.05, 4.69) is 20.1 Å². The third-order valence-corrected chi connectivity index (χ3v) is 4.96. The first-order valence-electron chi connectivity index (χ1n) is 7.61. The fourth-order valence-corrected chi connectivity index (χ4v) is 3.65. The van der Waals surface area contributed by atoms with Crippen LogP contribution in [0, 0.1) is 0 Å². The maximum atomic E-state index is 13.4. The molecule has 2 N–H and O–H groups in total. The van der Waals surface area contributed by atoms with Gasteiger partial charge in [0.15, 0.2) is 0 Å². The number of nitrogens with zero attached hydrogens (tertiary/aromatic N) is 5. The smallest absolute Gasteiger partial charge is 0.418 e. The Morgan fingerprint density at radius 2 is 1.90 bits per heavy atom. The molecule has 0 radical (unpaired) electrons. The summed E-state index contributed by atoms with van der Waals surface area (Å²) in [5, 5.41) is 3.89.